The number of hydrogen-bond acceptors (Lipinski definition) is 4. The minimum Gasteiger partial charge on any atom is -0.379 e. The number of nitrogens with zero attached hydrogens (tertiary/aromatic N) is 2. The molecule has 6 nitrogen and oxygen atoms in total. The molecule has 0 radical (unpaired) electrons. The zero-order valence-electron chi connectivity index (χ0n) is 15.8. The Balaban J connectivity index is 1.60. The Hall–Kier alpha value is -1.63. The van der Waals surface area contributed by atoms with Crippen LogP contribution in [0.1, 0.15) is 31.4 Å². The van der Waals surface area contributed by atoms with Gasteiger partial charge in [-0.05, 0) is 31.5 Å². The molecule has 0 bridgehead atoms. The highest BCUT2D eigenvalue weighted by molar-refractivity contribution is 6.31. The van der Waals surface area contributed by atoms with Crippen molar-refractivity contribution in [2.75, 3.05) is 45.9 Å². The Morgan fingerprint density at radius 1 is 1.30 bits per heavy atom. The highest BCUT2D eigenvalue weighted by Gasteiger charge is 2.44. The van der Waals surface area contributed by atoms with Crippen LogP contribution in [0.15, 0.2) is 24.3 Å². The maximum atomic E-state index is 12.8. The van der Waals surface area contributed by atoms with Crippen molar-refractivity contribution < 1.29 is 14.3 Å². The zero-order valence-corrected chi connectivity index (χ0v) is 16.6. The largest absolute Gasteiger partial charge is 0.379 e. The number of likely N-dealkylation sites (tertiary alicyclic amines) is 1. The molecule has 2 atom stereocenters. The number of nitrogens with one attached hydrogen (secondary N) is 1. The molecular formula is C20H28ClN3O3. The summed E-state index contributed by atoms with van der Waals surface area (Å²) >= 11 is 6.37. The van der Waals surface area contributed by atoms with Crippen LogP contribution in [0.2, 0.25) is 5.02 Å². The van der Waals surface area contributed by atoms with Crippen molar-refractivity contribution in [3.63, 3.8) is 0 Å². The summed E-state index contributed by atoms with van der Waals surface area (Å²) in [6.45, 7) is 7.52. The molecule has 2 saturated heterocycles. The number of ether oxygens (including phenoxy) is 1. The fourth-order valence-corrected chi connectivity index (χ4v) is 4.22. The smallest absolute Gasteiger partial charge is 0.226 e. The van der Waals surface area contributed by atoms with E-state index >= 15 is 0 Å². The Morgan fingerprint density at radius 2 is 2.04 bits per heavy atom. The standard InChI is InChI=1S/C20H28ClN3O3/c1-2-24-18(25)14-16(19(24)15-6-3-4-7-17(15)21)20(26)22-8-5-9-23-10-12-27-13-11-23/h3-4,6-7,16,19H,2,5,8-14H2,1H3,(H,22,26)/t16-,19+/m1/s1. The lowest BCUT2D eigenvalue weighted by Crippen LogP contribution is -2.39. The molecule has 0 aromatic heterocycles. The lowest BCUT2D eigenvalue weighted by molar-refractivity contribution is -0.129. The van der Waals surface area contributed by atoms with Crippen LogP contribution in [0.5, 0.6) is 0 Å². The Labute approximate surface area is 165 Å². The first-order valence-electron chi connectivity index (χ1n) is 9.73. The molecule has 7 heteroatoms. The normalized spacial score (nSPS) is 23.6. The van der Waals surface area contributed by atoms with Crippen LogP contribution in [-0.2, 0) is 14.3 Å². The highest BCUT2D eigenvalue weighted by Crippen LogP contribution is 2.40. The Morgan fingerprint density at radius 3 is 2.74 bits per heavy atom. The minimum absolute atomic E-state index is 0.0101. The molecule has 2 fully saturated rings. The van der Waals surface area contributed by atoms with Gasteiger partial charge in [0.15, 0.2) is 0 Å². The summed E-state index contributed by atoms with van der Waals surface area (Å²) in [5, 5.41) is 3.63. The van der Waals surface area contributed by atoms with Gasteiger partial charge in [-0.25, -0.2) is 0 Å². The molecule has 1 aromatic carbocycles. The SMILES string of the molecule is CCN1C(=O)C[C@@H](C(=O)NCCCN2CCOCC2)[C@@H]1c1ccccc1Cl. The average Bonchev–Trinajstić information content (AvgIpc) is 3.02. The summed E-state index contributed by atoms with van der Waals surface area (Å²) in [5.41, 5.74) is 0.848. The predicted molar refractivity (Wildman–Crippen MR) is 105 cm³/mol. The van der Waals surface area contributed by atoms with E-state index in [2.05, 4.69) is 10.2 Å². The second kappa shape index (κ2) is 9.53. The van der Waals surface area contributed by atoms with Crippen molar-refractivity contribution >= 4 is 23.4 Å². The third-order valence-electron chi connectivity index (χ3n) is 5.39. The van der Waals surface area contributed by atoms with E-state index < -0.39 is 5.92 Å². The highest BCUT2D eigenvalue weighted by atomic mass is 35.5. The van der Waals surface area contributed by atoms with E-state index in [-0.39, 0.29) is 24.3 Å². The lowest BCUT2D eigenvalue weighted by atomic mass is 9.92. The van der Waals surface area contributed by atoms with Crippen LogP contribution in [0.3, 0.4) is 0 Å². The van der Waals surface area contributed by atoms with E-state index in [1.165, 1.54) is 0 Å². The lowest BCUT2D eigenvalue weighted by Gasteiger charge is -2.28. The summed E-state index contributed by atoms with van der Waals surface area (Å²) in [5.74, 6) is -0.456. The molecule has 0 unspecified atom stereocenters. The molecule has 0 aliphatic carbocycles. The average molecular weight is 394 g/mol. The fraction of sp³-hybridized carbons (Fsp3) is 0.600. The van der Waals surface area contributed by atoms with Gasteiger partial charge in [0.05, 0.1) is 25.2 Å². The number of carbonyl (C=O) groups is 2. The van der Waals surface area contributed by atoms with Crippen LogP contribution in [0, 0.1) is 5.92 Å². The second-order valence-electron chi connectivity index (χ2n) is 7.06. The van der Waals surface area contributed by atoms with Crippen LogP contribution in [0.25, 0.3) is 0 Å². The third-order valence-corrected chi connectivity index (χ3v) is 5.73. The van der Waals surface area contributed by atoms with Crippen LogP contribution < -0.4 is 5.32 Å². The summed E-state index contributed by atoms with van der Waals surface area (Å²) in [4.78, 5) is 29.4. The Kier molecular flexibility index (Phi) is 7.10. The number of rotatable bonds is 7. The number of hydrogen-bond donors (Lipinski definition) is 1. The molecule has 2 aliphatic rings. The van der Waals surface area contributed by atoms with Gasteiger partial charge in [0.1, 0.15) is 0 Å². The minimum atomic E-state index is -0.402. The maximum Gasteiger partial charge on any atom is 0.226 e. The van der Waals surface area contributed by atoms with Gasteiger partial charge in [-0.3, -0.25) is 14.5 Å². The molecule has 27 heavy (non-hydrogen) atoms. The van der Waals surface area contributed by atoms with Crippen LogP contribution >= 0.6 is 11.6 Å². The van der Waals surface area contributed by atoms with E-state index in [1.807, 2.05) is 31.2 Å². The number of carbonyl (C=O) groups excluding carboxylic acids is 2. The fourth-order valence-electron chi connectivity index (χ4n) is 3.97. The topological polar surface area (TPSA) is 61.9 Å². The van der Waals surface area contributed by atoms with E-state index in [4.69, 9.17) is 16.3 Å². The summed E-state index contributed by atoms with van der Waals surface area (Å²) in [6, 6.07) is 7.18. The first-order chi connectivity index (χ1) is 13.1. The van der Waals surface area contributed by atoms with Gasteiger partial charge < -0.3 is 15.0 Å². The molecule has 2 heterocycles. The molecule has 1 N–H and O–H groups in total. The Bertz CT molecular complexity index is 664. The molecule has 1 aromatic rings. The van der Waals surface area contributed by atoms with E-state index in [0.717, 1.165) is 44.8 Å². The monoisotopic (exact) mass is 393 g/mol. The van der Waals surface area contributed by atoms with E-state index in [1.54, 1.807) is 4.90 Å². The summed E-state index contributed by atoms with van der Waals surface area (Å²) in [7, 11) is 0. The van der Waals surface area contributed by atoms with Crippen molar-refractivity contribution in [3.8, 4) is 0 Å². The first-order valence-corrected chi connectivity index (χ1v) is 10.1. The molecule has 148 valence electrons. The van der Waals surface area contributed by atoms with Gasteiger partial charge >= 0.3 is 0 Å². The molecule has 0 saturated carbocycles. The van der Waals surface area contributed by atoms with Crippen molar-refractivity contribution in [1.82, 2.24) is 15.1 Å². The van der Waals surface area contributed by atoms with Crippen molar-refractivity contribution in [3.05, 3.63) is 34.9 Å². The first kappa shape index (κ1) is 20.1. The van der Waals surface area contributed by atoms with Gasteiger partial charge in [-0.2, -0.15) is 0 Å². The molecular weight excluding hydrogens is 366 g/mol. The van der Waals surface area contributed by atoms with E-state index in [9.17, 15) is 9.59 Å². The maximum absolute atomic E-state index is 12.8. The van der Waals surface area contributed by atoms with Crippen LogP contribution in [-0.4, -0.2) is 67.6 Å². The van der Waals surface area contributed by atoms with Gasteiger partial charge in [-0.1, -0.05) is 29.8 Å². The molecule has 3 rings (SSSR count). The zero-order chi connectivity index (χ0) is 19.2. The van der Waals surface area contributed by atoms with Gasteiger partial charge in [0.25, 0.3) is 0 Å². The van der Waals surface area contributed by atoms with Gasteiger partial charge in [0, 0.05) is 37.6 Å². The number of amides is 2. The molecule has 2 amide bonds. The van der Waals surface area contributed by atoms with Crippen molar-refractivity contribution in [2.45, 2.75) is 25.8 Å². The van der Waals surface area contributed by atoms with Crippen molar-refractivity contribution in [1.29, 1.82) is 0 Å². The number of morpholine rings is 1. The predicted octanol–water partition coefficient (Wildman–Crippen LogP) is 2.09. The van der Waals surface area contributed by atoms with Gasteiger partial charge in [-0.15, -0.1) is 0 Å². The summed E-state index contributed by atoms with van der Waals surface area (Å²) in [6.07, 6.45) is 1.12. The third kappa shape index (κ3) is 4.81. The number of benzene rings is 1. The number of halogens is 1. The van der Waals surface area contributed by atoms with E-state index in [0.29, 0.717) is 18.1 Å². The van der Waals surface area contributed by atoms with Crippen molar-refractivity contribution in [2.24, 2.45) is 5.92 Å². The summed E-state index contributed by atoms with van der Waals surface area (Å²) < 4.78 is 5.35. The second-order valence-corrected chi connectivity index (χ2v) is 7.46. The molecule has 2 aliphatic heterocycles. The van der Waals surface area contributed by atoms with Gasteiger partial charge in [0.2, 0.25) is 11.8 Å². The quantitative estimate of drug-likeness (QED) is 0.720. The molecule has 0 spiro atoms. The van der Waals surface area contributed by atoms with Crippen LogP contribution in [0.4, 0.5) is 0 Å².